The van der Waals surface area contributed by atoms with Crippen LogP contribution in [0.4, 0.5) is 15.8 Å². The number of halogens is 1. The summed E-state index contributed by atoms with van der Waals surface area (Å²) in [7, 11) is -3.17. The number of benzene rings is 4. The lowest BCUT2D eigenvalue weighted by atomic mass is 10.0. The van der Waals surface area contributed by atoms with Crippen LogP contribution in [0.2, 0.25) is 0 Å². The van der Waals surface area contributed by atoms with Gasteiger partial charge in [0.05, 0.1) is 22.6 Å². The van der Waals surface area contributed by atoms with E-state index in [9.17, 15) is 32.5 Å². The van der Waals surface area contributed by atoms with Crippen LogP contribution in [-0.4, -0.2) is 56.3 Å². The number of methoxy groups -OCH3 is 1. The number of nitro groups is 1. The summed E-state index contributed by atoms with van der Waals surface area (Å²) in [4.78, 5) is 39.7. The smallest absolute Gasteiger partial charge is 0.273 e. The van der Waals surface area contributed by atoms with Crippen molar-refractivity contribution in [3.8, 4) is 5.75 Å². The Hall–Kier alpha value is -5.30. The second-order valence-corrected chi connectivity index (χ2v) is 12.5. The van der Waals surface area contributed by atoms with Gasteiger partial charge in [-0.2, -0.15) is 0 Å². The van der Waals surface area contributed by atoms with Crippen molar-refractivity contribution in [1.29, 1.82) is 0 Å². The molecule has 1 atom stereocenters. The molecule has 0 aliphatic heterocycles. The maximum absolute atomic E-state index is 15.0. The van der Waals surface area contributed by atoms with E-state index in [4.69, 9.17) is 4.74 Å². The molecule has 0 fully saturated rings. The molecular formula is C34H35FN4O7S. The maximum Gasteiger partial charge on any atom is 0.273 e. The van der Waals surface area contributed by atoms with Crippen LogP contribution >= 0.6 is 0 Å². The minimum Gasteiger partial charge on any atom is -0.497 e. The Labute approximate surface area is 272 Å². The van der Waals surface area contributed by atoms with Gasteiger partial charge in [-0.25, -0.2) is 12.8 Å². The highest BCUT2D eigenvalue weighted by Gasteiger charge is 2.35. The van der Waals surface area contributed by atoms with Crippen LogP contribution in [0.1, 0.15) is 23.6 Å². The van der Waals surface area contributed by atoms with Crippen molar-refractivity contribution < 1.29 is 32.1 Å². The van der Waals surface area contributed by atoms with Gasteiger partial charge in [0, 0.05) is 36.7 Å². The quantitative estimate of drug-likeness (QED) is 0.148. The van der Waals surface area contributed by atoms with Crippen LogP contribution in [0.5, 0.6) is 5.75 Å². The van der Waals surface area contributed by atoms with Crippen LogP contribution < -0.4 is 14.4 Å². The standard InChI is InChI=1S/C34H35FN4O7S/c1-4-36-34(41)32(20-25-10-6-5-7-11-25)37(22-26-12-8-9-13-30(26)35)33(40)23-38(27-15-17-28(46-3)18-16-27)47(44,45)29-19-14-24(2)31(21-29)39(42)43/h5-19,21,32H,4,20,22-23H2,1-3H3,(H,36,41)/t32-/m1/s1. The fourth-order valence-electron chi connectivity index (χ4n) is 5.01. The molecule has 0 aliphatic carbocycles. The highest BCUT2D eigenvalue weighted by molar-refractivity contribution is 7.92. The lowest BCUT2D eigenvalue weighted by Gasteiger charge is -2.34. The average molecular weight is 663 g/mol. The van der Waals surface area contributed by atoms with Crippen molar-refractivity contribution in [2.45, 2.75) is 37.8 Å². The molecule has 2 amide bonds. The van der Waals surface area contributed by atoms with Gasteiger partial charge in [-0.1, -0.05) is 54.6 Å². The van der Waals surface area contributed by atoms with E-state index < -0.39 is 55.7 Å². The zero-order valence-electron chi connectivity index (χ0n) is 26.1. The number of ether oxygens (including phenoxy) is 1. The first kappa shape index (κ1) is 34.6. The van der Waals surface area contributed by atoms with Crippen molar-refractivity contribution in [1.82, 2.24) is 10.2 Å². The van der Waals surface area contributed by atoms with E-state index >= 15 is 0 Å². The van der Waals surface area contributed by atoms with Crippen molar-refractivity contribution in [2.75, 3.05) is 24.5 Å². The second-order valence-electron chi connectivity index (χ2n) is 10.6. The summed E-state index contributed by atoms with van der Waals surface area (Å²) in [5.74, 6) is -1.49. The van der Waals surface area contributed by atoms with E-state index in [0.29, 0.717) is 5.75 Å². The summed E-state index contributed by atoms with van der Waals surface area (Å²) in [5, 5.41) is 14.4. The number of anilines is 1. The van der Waals surface area contributed by atoms with Gasteiger partial charge in [-0.15, -0.1) is 0 Å². The Morgan fingerprint density at radius 1 is 0.979 bits per heavy atom. The van der Waals surface area contributed by atoms with Crippen LogP contribution in [0, 0.1) is 22.9 Å². The molecule has 4 rings (SSSR count). The number of nitrogens with one attached hydrogen (secondary N) is 1. The third kappa shape index (κ3) is 8.30. The topological polar surface area (TPSA) is 139 Å². The maximum atomic E-state index is 15.0. The monoisotopic (exact) mass is 662 g/mol. The highest BCUT2D eigenvalue weighted by atomic mass is 32.2. The van der Waals surface area contributed by atoms with Crippen molar-refractivity contribution in [3.63, 3.8) is 0 Å². The summed E-state index contributed by atoms with van der Waals surface area (Å²) in [6, 6.07) is 22.9. The van der Waals surface area contributed by atoms with Crippen LogP contribution in [0.3, 0.4) is 0 Å². The largest absolute Gasteiger partial charge is 0.497 e. The van der Waals surface area contributed by atoms with Crippen molar-refractivity contribution >= 4 is 33.2 Å². The highest BCUT2D eigenvalue weighted by Crippen LogP contribution is 2.30. The summed E-state index contributed by atoms with van der Waals surface area (Å²) in [6.07, 6.45) is 0.0618. The normalized spacial score (nSPS) is 11.7. The molecule has 0 aromatic heterocycles. The van der Waals surface area contributed by atoms with E-state index in [1.807, 2.05) is 0 Å². The van der Waals surface area contributed by atoms with E-state index in [0.717, 1.165) is 15.9 Å². The minimum absolute atomic E-state index is 0.0610. The predicted octanol–water partition coefficient (Wildman–Crippen LogP) is 5.02. The Bertz CT molecular complexity index is 1840. The Kier molecular flexibility index (Phi) is 11.3. The van der Waals surface area contributed by atoms with Crippen LogP contribution in [0.25, 0.3) is 0 Å². The summed E-state index contributed by atoms with van der Waals surface area (Å²) in [5.41, 5.74) is 0.749. The molecule has 0 aliphatic rings. The van der Waals surface area contributed by atoms with Gasteiger partial charge in [0.2, 0.25) is 11.8 Å². The SMILES string of the molecule is CCNC(=O)[C@@H](Cc1ccccc1)N(Cc1ccccc1F)C(=O)CN(c1ccc(OC)cc1)S(=O)(=O)c1ccc(C)c([N+](=O)[O-])c1. The van der Waals surface area contributed by atoms with Gasteiger partial charge < -0.3 is 15.0 Å². The number of nitro benzene ring substituents is 1. The summed E-state index contributed by atoms with van der Waals surface area (Å²) in [6.45, 7) is 2.31. The average Bonchev–Trinajstić information content (AvgIpc) is 3.06. The third-order valence-corrected chi connectivity index (χ3v) is 9.30. The van der Waals surface area contributed by atoms with Crippen molar-refractivity contribution in [3.05, 3.63) is 130 Å². The van der Waals surface area contributed by atoms with Gasteiger partial charge in [-0.3, -0.25) is 24.0 Å². The molecule has 11 nitrogen and oxygen atoms in total. The molecule has 0 radical (unpaired) electrons. The first-order valence-electron chi connectivity index (χ1n) is 14.7. The summed E-state index contributed by atoms with van der Waals surface area (Å²) >= 11 is 0. The van der Waals surface area contributed by atoms with Gasteiger partial charge >= 0.3 is 0 Å². The van der Waals surface area contributed by atoms with Crippen molar-refractivity contribution in [2.24, 2.45) is 0 Å². The zero-order valence-corrected chi connectivity index (χ0v) is 26.9. The van der Waals surface area contributed by atoms with Gasteiger partial charge in [-0.05, 0) is 55.8 Å². The van der Waals surface area contributed by atoms with E-state index in [2.05, 4.69) is 5.32 Å². The third-order valence-electron chi connectivity index (χ3n) is 7.53. The van der Waals surface area contributed by atoms with Gasteiger partial charge in [0.15, 0.2) is 0 Å². The fraction of sp³-hybridized carbons (Fsp3) is 0.235. The van der Waals surface area contributed by atoms with E-state index in [1.54, 1.807) is 43.3 Å². The fourth-order valence-corrected chi connectivity index (χ4v) is 6.44. The number of likely N-dealkylation sites (N-methyl/N-ethyl adjacent to an activating group) is 1. The second kappa shape index (κ2) is 15.3. The molecule has 0 spiro atoms. The van der Waals surface area contributed by atoms with E-state index in [-0.39, 0.29) is 36.3 Å². The Balaban J connectivity index is 1.84. The van der Waals surface area contributed by atoms with Crippen LogP contribution in [0.15, 0.2) is 102 Å². The van der Waals surface area contributed by atoms with Gasteiger partial charge in [0.1, 0.15) is 24.2 Å². The number of hydrogen-bond donors (Lipinski definition) is 1. The predicted molar refractivity (Wildman–Crippen MR) is 175 cm³/mol. The number of aryl methyl sites for hydroxylation is 1. The number of hydrogen-bond acceptors (Lipinski definition) is 7. The first-order valence-corrected chi connectivity index (χ1v) is 16.2. The number of rotatable bonds is 14. The number of nitrogens with zero attached hydrogens (tertiary/aromatic N) is 3. The number of carbonyl (C=O) groups is 2. The van der Waals surface area contributed by atoms with E-state index in [1.165, 1.54) is 73.5 Å². The molecule has 4 aromatic rings. The lowest BCUT2D eigenvalue weighted by Crippen LogP contribution is -2.53. The zero-order chi connectivity index (χ0) is 34.1. The number of amides is 2. The number of sulfonamides is 1. The molecule has 13 heteroatoms. The molecule has 246 valence electrons. The molecule has 1 N–H and O–H groups in total. The lowest BCUT2D eigenvalue weighted by molar-refractivity contribution is -0.385. The molecule has 47 heavy (non-hydrogen) atoms. The molecule has 0 heterocycles. The Morgan fingerprint density at radius 2 is 1.64 bits per heavy atom. The molecule has 0 bridgehead atoms. The minimum atomic E-state index is -4.61. The molecule has 0 unspecified atom stereocenters. The summed E-state index contributed by atoms with van der Waals surface area (Å²) < 4.78 is 49.4. The first-order chi connectivity index (χ1) is 22.5. The number of carbonyl (C=O) groups excluding carboxylic acids is 2. The molecular weight excluding hydrogens is 627 g/mol. The molecule has 4 aromatic carbocycles. The van der Waals surface area contributed by atoms with Gasteiger partial charge in [0.25, 0.3) is 15.7 Å². The van der Waals surface area contributed by atoms with Crippen LogP contribution in [-0.2, 0) is 32.6 Å². The molecule has 0 saturated carbocycles. The Morgan fingerprint density at radius 3 is 2.26 bits per heavy atom. The molecule has 0 saturated heterocycles.